The summed E-state index contributed by atoms with van der Waals surface area (Å²) in [6, 6.07) is -0.962. The van der Waals surface area contributed by atoms with Gasteiger partial charge in [0, 0.05) is 12.3 Å². The van der Waals surface area contributed by atoms with Gasteiger partial charge in [-0.1, -0.05) is 0 Å². The van der Waals surface area contributed by atoms with E-state index in [4.69, 9.17) is 5.11 Å². The van der Waals surface area contributed by atoms with Crippen molar-refractivity contribution in [1.29, 1.82) is 0 Å². The fourth-order valence-corrected chi connectivity index (χ4v) is 2.25. The zero-order valence-corrected chi connectivity index (χ0v) is 8.13. The third-order valence-electron chi connectivity index (χ3n) is 1.76. The second-order valence-electron chi connectivity index (χ2n) is 2.66. The Labute approximate surface area is 80.5 Å². The molecule has 1 heterocycles. The zero-order valence-electron chi connectivity index (χ0n) is 7.32. The molecule has 0 aliphatic carbocycles. The maximum absolute atomic E-state index is 11.3. The topological polar surface area (TPSA) is 69.6 Å². The Morgan fingerprint density at radius 2 is 2.38 bits per heavy atom. The van der Waals surface area contributed by atoms with Crippen LogP contribution in [0.5, 0.6) is 0 Å². The van der Waals surface area contributed by atoms with Crippen LogP contribution in [-0.2, 0) is 4.79 Å². The molecule has 13 heavy (non-hydrogen) atoms. The lowest BCUT2D eigenvalue weighted by atomic mass is 10.3. The molecular formula is C7H12N2O3S. The highest BCUT2D eigenvalue weighted by Gasteiger charge is 2.34. The van der Waals surface area contributed by atoms with E-state index in [1.54, 1.807) is 6.92 Å². The number of aliphatic carboxylic acids is 1. The molecule has 0 unspecified atom stereocenters. The summed E-state index contributed by atoms with van der Waals surface area (Å²) in [6.07, 6.45) is 0. The summed E-state index contributed by atoms with van der Waals surface area (Å²) >= 11 is 1.46. The Hall–Kier alpha value is -0.910. The van der Waals surface area contributed by atoms with Crippen molar-refractivity contribution < 1.29 is 14.7 Å². The molecular weight excluding hydrogens is 192 g/mol. The number of nitrogens with one attached hydrogen (secondary N) is 1. The number of carbonyl (C=O) groups is 2. The molecule has 0 aromatic rings. The summed E-state index contributed by atoms with van der Waals surface area (Å²) in [5, 5.41) is 11.3. The molecule has 0 aromatic heterocycles. The Morgan fingerprint density at radius 1 is 1.69 bits per heavy atom. The fourth-order valence-electron chi connectivity index (χ4n) is 1.10. The average molecular weight is 204 g/mol. The van der Waals surface area contributed by atoms with Crippen LogP contribution in [0.3, 0.4) is 0 Å². The van der Waals surface area contributed by atoms with Crippen LogP contribution < -0.4 is 5.32 Å². The van der Waals surface area contributed by atoms with E-state index in [-0.39, 0.29) is 6.03 Å². The first-order chi connectivity index (χ1) is 6.16. The monoisotopic (exact) mass is 204 g/mol. The van der Waals surface area contributed by atoms with Gasteiger partial charge in [-0.2, -0.15) is 0 Å². The number of rotatable bonds is 2. The zero-order chi connectivity index (χ0) is 9.84. The molecule has 74 valence electrons. The minimum atomic E-state index is -0.934. The third-order valence-corrected chi connectivity index (χ3v) is 2.77. The molecule has 0 bridgehead atoms. The molecule has 2 amide bonds. The van der Waals surface area contributed by atoms with Crippen LogP contribution in [0.1, 0.15) is 6.92 Å². The third kappa shape index (κ3) is 2.27. The average Bonchev–Trinajstić information content (AvgIpc) is 2.52. The number of nitrogens with zero attached hydrogens (tertiary/aromatic N) is 1. The molecule has 5 nitrogen and oxygen atoms in total. The molecule has 0 saturated carbocycles. The maximum Gasteiger partial charge on any atom is 0.327 e. The quantitative estimate of drug-likeness (QED) is 0.673. The molecule has 2 N–H and O–H groups in total. The van der Waals surface area contributed by atoms with Crippen molar-refractivity contribution in [3.63, 3.8) is 0 Å². The molecule has 0 radical (unpaired) electrons. The highest BCUT2D eigenvalue weighted by Crippen LogP contribution is 2.20. The first-order valence-corrected chi connectivity index (χ1v) is 5.17. The van der Waals surface area contributed by atoms with E-state index in [0.717, 1.165) is 0 Å². The van der Waals surface area contributed by atoms with Crippen LogP contribution in [0.2, 0.25) is 0 Å². The van der Waals surface area contributed by atoms with E-state index in [2.05, 4.69) is 5.32 Å². The van der Waals surface area contributed by atoms with Gasteiger partial charge >= 0.3 is 12.0 Å². The second-order valence-corrected chi connectivity index (χ2v) is 3.66. The predicted molar refractivity (Wildman–Crippen MR) is 49.7 cm³/mol. The van der Waals surface area contributed by atoms with Gasteiger partial charge in [-0.3, -0.25) is 0 Å². The van der Waals surface area contributed by atoms with Crippen LogP contribution in [0, 0.1) is 0 Å². The number of thioether (sulfide) groups is 1. The molecule has 6 heteroatoms. The van der Waals surface area contributed by atoms with Gasteiger partial charge in [0.05, 0.1) is 5.88 Å². The number of carboxylic acids is 1. The number of hydrogen-bond acceptors (Lipinski definition) is 3. The van der Waals surface area contributed by atoms with Crippen molar-refractivity contribution in [3.05, 3.63) is 0 Å². The van der Waals surface area contributed by atoms with Crippen LogP contribution >= 0.6 is 11.8 Å². The lowest BCUT2D eigenvalue weighted by molar-refractivity contribution is -0.140. The van der Waals surface area contributed by atoms with Gasteiger partial charge in [0.2, 0.25) is 0 Å². The predicted octanol–water partition coefficient (Wildman–Crippen LogP) is 0.175. The maximum atomic E-state index is 11.3. The van der Waals surface area contributed by atoms with Crippen molar-refractivity contribution in [2.75, 3.05) is 18.2 Å². The van der Waals surface area contributed by atoms with Gasteiger partial charge in [0.15, 0.2) is 0 Å². The van der Waals surface area contributed by atoms with E-state index in [9.17, 15) is 9.59 Å². The normalized spacial score (nSPS) is 21.6. The molecule has 1 atom stereocenters. The van der Waals surface area contributed by atoms with Crippen molar-refractivity contribution in [2.45, 2.75) is 13.0 Å². The Kier molecular flexibility index (Phi) is 3.41. The second kappa shape index (κ2) is 4.36. The van der Waals surface area contributed by atoms with E-state index >= 15 is 0 Å². The van der Waals surface area contributed by atoms with Gasteiger partial charge in [-0.05, 0) is 6.92 Å². The summed E-state index contributed by atoms with van der Waals surface area (Å²) < 4.78 is 0. The van der Waals surface area contributed by atoms with Gasteiger partial charge < -0.3 is 15.3 Å². The summed E-state index contributed by atoms with van der Waals surface area (Å²) in [6.45, 7) is 2.32. The number of carbonyl (C=O) groups excluding carboxylic acids is 1. The molecule has 1 aliphatic rings. The summed E-state index contributed by atoms with van der Waals surface area (Å²) in [7, 11) is 0. The molecule has 1 rings (SSSR count). The number of amides is 2. The minimum Gasteiger partial charge on any atom is -0.480 e. The summed E-state index contributed by atoms with van der Waals surface area (Å²) in [4.78, 5) is 23.3. The van der Waals surface area contributed by atoms with Crippen LogP contribution in [0.15, 0.2) is 0 Å². The first kappa shape index (κ1) is 10.2. The molecule has 1 fully saturated rings. The minimum absolute atomic E-state index is 0.292. The Morgan fingerprint density at radius 3 is 2.92 bits per heavy atom. The fraction of sp³-hybridized carbons (Fsp3) is 0.714. The van der Waals surface area contributed by atoms with E-state index in [0.29, 0.717) is 18.2 Å². The Bertz CT molecular complexity index is 222. The SMILES string of the molecule is CCNC(=O)N1CSC[C@H]1C(=O)O. The van der Waals surface area contributed by atoms with Crippen LogP contribution in [-0.4, -0.2) is 46.2 Å². The Balaban J connectivity index is 2.57. The number of carboxylic acid groups (broad SMARTS) is 1. The van der Waals surface area contributed by atoms with E-state index in [1.165, 1.54) is 16.7 Å². The van der Waals surface area contributed by atoms with Crippen LogP contribution in [0.4, 0.5) is 4.79 Å². The lowest BCUT2D eigenvalue weighted by Crippen LogP contribution is -2.46. The van der Waals surface area contributed by atoms with Gasteiger partial charge in [-0.25, -0.2) is 9.59 Å². The standard InChI is InChI=1S/C7H12N2O3S/c1-2-8-7(12)9-4-13-3-5(9)6(10)11/h5H,2-4H2,1H3,(H,8,12)(H,10,11)/t5-/m0/s1. The molecule has 0 aromatic carbocycles. The first-order valence-electron chi connectivity index (χ1n) is 4.01. The van der Waals surface area contributed by atoms with Gasteiger partial charge in [0.1, 0.15) is 6.04 Å². The summed E-state index contributed by atoms with van der Waals surface area (Å²) in [5.41, 5.74) is 0. The molecule has 0 spiro atoms. The highest BCUT2D eigenvalue weighted by molar-refractivity contribution is 7.99. The van der Waals surface area contributed by atoms with Crippen molar-refractivity contribution >= 4 is 23.8 Å². The van der Waals surface area contributed by atoms with Crippen molar-refractivity contribution in [2.24, 2.45) is 0 Å². The van der Waals surface area contributed by atoms with Crippen molar-refractivity contribution in [3.8, 4) is 0 Å². The number of urea groups is 1. The lowest BCUT2D eigenvalue weighted by Gasteiger charge is -2.20. The molecule has 1 aliphatic heterocycles. The van der Waals surface area contributed by atoms with E-state index < -0.39 is 12.0 Å². The van der Waals surface area contributed by atoms with Gasteiger partial charge in [-0.15, -0.1) is 11.8 Å². The van der Waals surface area contributed by atoms with Gasteiger partial charge in [0.25, 0.3) is 0 Å². The highest BCUT2D eigenvalue weighted by atomic mass is 32.2. The smallest absolute Gasteiger partial charge is 0.327 e. The largest absolute Gasteiger partial charge is 0.480 e. The molecule has 1 saturated heterocycles. The van der Waals surface area contributed by atoms with Crippen LogP contribution in [0.25, 0.3) is 0 Å². The van der Waals surface area contributed by atoms with E-state index in [1.807, 2.05) is 0 Å². The number of hydrogen-bond donors (Lipinski definition) is 2. The summed E-state index contributed by atoms with van der Waals surface area (Å²) in [5.74, 6) is 0.00572. The van der Waals surface area contributed by atoms with Crippen molar-refractivity contribution in [1.82, 2.24) is 10.2 Å².